The van der Waals surface area contributed by atoms with Crippen LogP contribution in [0.3, 0.4) is 0 Å². The van der Waals surface area contributed by atoms with Crippen LogP contribution in [0, 0.1) is 11.3 Å². The van der Waals surface area contributed by atoms with Crippen LogP contribution < -0.4 is 5.32 Å². The number of aromatic nitrogens is 2. The van der Waals surface area contributed by atoms with Gasteiger partial charge in [0.05, 0.1) is 25.5 Å². The summed E-state index contributed by atoms with van der Waals surface area (Å²) in [5.74, 6) is 1.67. The standard InChI is InChI=1S/C19H29N5O2/c1-20-18(22-16-14-4-8-26-17(14)19(16)5-3-6-19)24-7-9-25-15(12-24)13-10-21-23(2)11-13/h10-11,14-17H,3-9,12H2,1-2H3,(H,20,22). The van der Waals surface area contributed by atoms with Crippen molar-refractivity contribution in [1.82, 2.24) is 20.0 Å². The molecule has 2 saturated heterocycles. The molecule has 1 aromatic rings. The largest absolute Gasteiger partial charge is 0.377 e. The van der Waals surface area contributed by atoms with E-state index >= 15 is 0 Å². The second-order valence-electron chi connectivity index (χ2n) is 8.25. The van der Waals surface area contributed by atoms with Crippen molar-refractivity contribution >= 4 is 5.96 Å². The maximum atomic E-state index is 6.06. The van der Waals surface area contributed by atoms with E-state index in [4.69, 9.17) is 9.47 Å². The third-order valence-corrected chi connectivity index (χ3v) is 7.00. The highest BCUT2D eigenvalue weighted by Crippen LogP contribution is 2.62. The molecule has 0 aromatic carbocycles. The molecule has 4 fully saturated rings. The molecular formula is C19H29N5O2. The maximum absolute atomic E-state index is 6.06. The number of aliphatic imine (C=N–C) groups is 1. The molecule has 1 spiro atoms. The predicted octanol–water partition coefficient (Wildman–Crippen LogP) is 1.33. The predicted molar refractivity (Wildman–Crippen MR) is 97.9 cm³/mol. The lowest BCUT2D eigenvalue weighted by Crippen LogP contribution is -2.72. The quantitative estimate of drug-likeness (QED) is 0.637. The van der Waals surface area contributed by atoms with E-state index in [0.29, 0.717) is 30.1 Å². The molecule has 1 N–H and O–H groups in total. The average Bonchev–Trinajstić information content (AvgIpc) is 3.22. The topological polar surface area (TPSA) is 63.9 Å². The summed E-state index contributed by atoms with van der Waals surface area (Å²) in [6.07, 6.45) is 9.60. The first-order valence-electron chi connectivity index (χ1n) is 9.91. The van der Waals surface area contributed by atoms with Crippen molar-refractivity contribution in [2.75, 3.05) is 33.4 Å². The number of morpholine rings is 1. The van der Waals surface area contributed by atoms with Gasteiger partial charge >= 0.3 is 0 Å². The zero-order valence-electron chi connectivity index (χ0n) is 15.7. The van der Waals surface area contributed by atoms with Crippen LogP contribution in [0.2, 0.25) is 0 Å². The molecule has 2 aliphatic heterocycles. The van der Waals surface area contributed by atoms with E-state index in [-0.39, 0.29) is 6.10 Å². The van der Waals surface area contributed by atoms with Gasteiger partial charge in [0.25, 0.3) is 0 Å². The number of guanidine groups is 1. The molecule has 26 heavy (non-hydrogen) atoms. The van der Waals surface area contributed by atoms with Crippen molar-refractivity contribution in [1.29, 1.82) is 0 Å². The van der Waals surface area contributed by atoms with Gasteiger partial charge in [-0.15, -0.1) is 0 Å². The molecule has 7 heteroatoms. The number of hydrogen-bond donors (Lipinski definition) is 1. The number of fused-ring (bicyclic) bond motifs is 2. The number of hydrogen-bond acceptors (Lipinski definition) is 4. The van der Waals surface area contributed by atoms with Gasteiger partial charge in [0.15, 0.2) is 5.96 Å². The third kappa shape index (κ3) is 2.40. The summed E-state index contributed by atoms with van der Waals surface area (Å²) in [5, 5.41) is 8.12. The van der Waals surface area contributed by atoms with Gasteiger partial charge in [-0.2, -0.15) is 5.10 Å². The average molecular weight is 359 g/mol. The van der Waals surface area contributed by atoms with E-state index in [1.807, 2.05) is 31.2 Å². The molecule has 0 radical (unpaired) electrons. The molecule has 1 aromatic heterocycles. The highest BCUT2D eigenvalue weighted by atomic mass is 16.5. The molecule has 0 bridgehead atoms. The SMILES string of the molecule is CN=C(NC1C2CCOC2C12CCC2)N1CCOC(c2cnn(C)c2)C1. The summed E-state index contributed by atoms with van der Waals surface area (Å²) in [6, 6.07) is 0.516. The van der Waals surface area contributed by atoms with Gasteiger partial charge in [-0.25, -0.2) is 0 Å². The Morgan fingerprint density at radius 3 is 2.92 bits per heavy atom. The smallest absolute Gasteiger partial charge is 0.194 e. The van der Waals surface area contributed by atoms with E-state index in [9.17, 15) is 0 Å². The minimum absolute atomic E-state index is 0.0533. The van der Waals surface area contributed by atoms with Crippen LogP contribution in [-0.2, 0) is 16.5 Å². The van der Waals surface area contributed by atoms with E-state index in [2.05, 4.69) is 20.3 Å². The van der Waals surface area contributed by atoms with Gasteiger partial charge < -0.3 is 19.7 Å². The van der Waals surface area contributed by atoms with Gasteiger partial charge in [0.2, 0.25) is 0 Å². The summed E-state index contributed by atoms with van der Waals surface area (Å²) in [4.78, 5) is 6.96. The summed E-state index contributed by atoms with van der Waals surface area (Å²) >= 11 is 0. The van der Waals surface area contributed by atoms with Crippen LogP contribution in [0.4, 0.5) is 0 Å². The summed E-state index contributed by atoms with van der Waals surface area (Å²) in [7, 11) is 3.84. The molecular weight excluding hydrogens is 330 g/mol. The van der Waals surface area contributed by atoms with E-state index < -0.39 is 0 Å². The number of ether oxygens (including phenoxy) is 2. The van der Waals surface area contributed by atoms with Crippen LogP contribution in [0.25, 0.3) is 0 Å². The zero-order chi connectivity index (χ0) is 17.7. The highest BCUT2D eigenvalue weighted by Gasteiger charge is 2.66. The van der Waals surface area contributed by atoms with E-state index in [1.165, 1.54) is 25.7 Å². The normalized spacial score (nSPS) is 35.8. The summed E-state index contributed by atoms with van der Waals surface area (Å²) in [5.41, 5.74) is 1.50. The Labute approximate surface area is 154 Å². The Bertz CT molecular complexity index is 698. The second kappa shape index (κ2) is 6.23. The summed E-state index contributed by atoms with van der Waals surface area (Å²) < 4.78 is 13.9. The number of aryl methyl sites for hydroxylation is 1. The fraction of sp³-hybridized carbons (Fsp3) is 0.789. The Balaban J connectivity index is 1.29. The Morgan fingerprint density at radius 1 is 1.35 bits per heavy atom. The molecule has 0 amide bonds. The van der Waals surface area contributed by atoms with Crippen LogP contribution in [0.15, 0.2) is 17.4 Å². The Hall–Kier alpha value is -1.60. The van der Waals surface area contributed by atoms with Crippen LogP contribution in [-0.4, -0.2) is 66.1 Å². The lowest BCUT2D eigenvalue weighted by molar-refractivity contribution is -0.171. The molecule has 5 rings (SSSR count). The lowest BCUT2D eigenvalue weighted by Gasteiger charge is -2.63. The number of nitrogens with one attached hydrogen (secondary N) is 1. The van der Waals surface area contributed by atoms with Crippen molar-refractivity contribution in [3.05, 3.63) is 18.0 Å². The van der Waals surface area contributed by atoms with Crippen LogP contribution >= 0.6 is 0 Å². The molecule has 4 unspecified atom stereocenters. The van der Waals surface area contributed by atoms with Gasteiger partial charge in [-0.3, -0.25) is 9.67 Å². The minimum Gasteiger partial charge on any atom is -0.377 e. The Morgan fingerprint density at radius 2 is 2.23 bits per heavy atom. The molecule has 4 atom stereocenters. The van der Waals surface area contributed by atoms with E-state index in [0.717, 1.165) is 31.2 Å². The molecule has 7 nitrogen and oxygen atoms in total. The Kier molecular flexibility index (Phi) is 3.97. The monoisotopic (exact) mass is 359 g/mol. The molecule has 2 aliphatic carbocycles. The van der Waals surface area contributed by atoms with Gasteiger partial charge in [-0.05, 0) is 19.3 Å². The van der Waals surface area contributed by atoms with Crippen molar-refractivity contribution in [2.24, 2.45) is 23.4 Å². The first-order chi connectivity index (χ1) is 12.7. The van der Waals surface area contributed by atoms with Crippen molar-refractivity contribution < 1.29 is 9.47 Å². The third-order valence-electron chi connectivity index (χ3n) is 7.00. The minimum atomic E-state index is 0.0533. The van der Waals surface area contributed by atoms with Gasteiger partial charge in [-0.1, -0.05) is 6.42 Å². The fourth-order valence-electron chi connectivity index (χ4n) is 5.54. The molecule has 2 saturated carbocycles. The van der Waals surface area contributed by atoms with Gasteiger partial charge in [0.1, 0.15) is 6.10 Å². The number of nitrogens with zero attached hydrogens (tertiary/aromatic N) is 4. The number of rotatable bonds is 2. The lowest BCUT2D eigenvalue weighted by atomic mass is 9.46. The zero-order valence-corrected chi connectivity index (χ0v) is 15.7. The highest BCUT2D eigenvalue weighted by molar-refractivity contribution is 5.80. The molecule has 4 aliphatic rings. The van der Waals surface area contributed by atoms with E-state index in [1.54, 1.807) is 0 Å². The second-order valence-corrected chi connectivity index (χ2v) is 8.25. The van der Waals surface area contributed by atoms with Crippen molar-refractivity contribution in [2.45, 2.75) is 43.9 Å². The first kappa shape index (κ1) is 16.6. The molecule has 3 heterocycles. The maximum Gasteiger partial charge on any atom is 0.194 e. The first-order valence-corrected chi connectivity index (χ1v) is 9.91. The summed E-state index contributed by atoms with van der Waals surface area (Å²) in [6.45, 7) is 3.33. The van der Waals surface area contributed by atoms with Crippen molar-refractivity contribution in [3.63, 3.8) is 0 Å². The van der Waals surface area contributed by atoms with Crippen LogP contribution in [0.1, 0.15) is 37.4 Å². The molecule has 142 valence electrons. The van der Waals surface area contributed by atoms with Crippen LogP contribution in [0.5, 0.6) is 0 Å². The van der Waals surface area contributed by atoms with Gasteiger partial charge in [0, 0.05) is 56.4 Å². The van der Waals surface area contributed by atoms with Crippen molar-refractivity contribution in [3.8, 4) is 0 Å². The fourth-order valence-corrected chi connectivity index (χ4v) is 5.54.